The van der Waals surface area contributed by atoms with Gasteiger partial charge in [0.2, 0.25) is 9.47 Å². The number of carbonyl (C=O) groups is 1. The van der Waals surface area contributed by atoms with Crippen LogP contribution in [-0.4, -0.2) is 22.6 Å². The van der Waals surface area contributed by atoms with Crippen LogP contribution in [0, 0.1) is 0 Å². The molecule has 7 heteroatoms. The van der Waals surface area contributed by atoms with Crippen LogP contribution in [-0.2, 0) is 5.41 Å². The van der Waals surface area contributed by atoms with Gasteiger partial charge in [0.1, 0.15) is 0 Å². The first-order chi connectivity index (χ1) is 8.49. The number of thiophene rings is 1. The Balaban J connectivity index is 1.98. The van der Waals surface area contributed by atoms with Crippen molar-refractivity contribution in [3.63, 3.8) is 0 Å². The van der Waals surface area contributed by atoms with Crippen LogP contribution in [0.15, 0.2) is 17.5 Å². The molecule has 18 heavy (non-hydrogen) atoms. The van der Waals surface area contributed by atoms with Crippen LogP contribution in [0.4, 0.5) is 0 Å². The SMILES string of the molecule is CC(C)(CNC(=O)c1nnc(Cl)s1)c1cccs1. The number of halogens is 1. The molecule has 0 saturated carbocycles. The molecule has 2 rings (SSSR count). The minimum Gasteiger partial charge on any atom is -0.349 e. The summed E-state index contributed by atoms with van der Waals surface area (Å²) in [5, 5.41) is 12.5. The van der Waals surface area contributed by atoms with Gasteiger partial charge < -0.3 is 5.32 Å². The summed E-state index contributed by atoms with van der Waals surface area (Å²) in [6.45, 7) is 4.72. The molecule has 0 aliphatic heterocycles. The van der Waals surface area contributed by atoms with Gasteiger partial charge in [-0.05, 0) is 23.0 Å². The Morgan fingerprint density at radius 2 is 2.28 bits per heavy atom. The first-order valence-corrected chi connectivity index (χ1v) is 7.37. The fourth-order valence-electron chi connectivity index (χ4n) is 1.42. The summed E-state index contributed by atoms with van der Waals surface area (Å²) in [4.78, 5) is 13.1. The minimum atomic E-state index is -0.232. The summed E-state index contributed by atoms with van der Waals surface area (Å²) in [6.07, 6.45) is 0. The highest BCUT2D eigenvalue weighted by Crippen LogP contribution is 2.26. The fraction of sp³-hybridized carbons (Fsp3) is 0.364. The second-order valence-corrected chi connectivity index (χ2v) is 6.91. The van der Waals surface area contributed by atoms with Gasteiger partial charge in [0.25, 0.3) is 5.91 Å². The number of hydrogen-bond acceptors (Lipinski definition) is 5. The zero-order chi connectivity index (χ0) is 13.2. The second kappa shape index (κ2) is 5.34. The van der Waals surface area contributed by atoms with Gasteiger partial charge >= 0.3 is 0 Å². The second-order valence-electron chi connectivity index (χ2n) is 4.40. The highest BCUT2D eigenvalue weighted by molar-refractivity contribution is 7.17. The van der Waals surface area contributed by atoms with Crippen LogP contribution in [0.1, 0.15) is 28.5 Å². The molecule has 0 fully saturated rings. The first kappa shape index (κ1) is 13.5. The molecule has 0 saturated heterocycles. The van der Waals surface area contributed by atoms with Crippen molar-refractivity contribution >= 4 is 40.2 Å². The molecule has 0 bridgehead atoms. The zero-order valence-corrected chi connectivity index (χ0v) is 12.3. The summed E-state index contributed by atoms with van der Waals surface area (Å²) >= 11 is 8.40. The molecule has 2 aromatic heterocycles. The van der Waals surface area contributed by atoms with Gasteiger partial charge in [0, 0.05) is 16.8 Å². The van der Waals surface area contributed by atoms with E-state index in [2.05, 4.69) is 35.4 Å². The Hall–Kier alpha value is -0.980. The van der Waals surface area contributed by atoms with Gasteiger partial charge in [-0.15, -0.1) is 21.5 Å². The Kier molecular flexibility index (Phi) is 3.99. The lowest BCUT2D eigenvalue weighted by atomic mass is 9.91. The third kappa shape index (κ3) is 3.07. The van der Waals surface area contributed by atoms with Crippen molar-refractivity contribution < 1.29 is 4.79 Å². The van der Waals surface area contributed by atoms with E-state index >= 15 is 0 Å². The lowest BCUT2D eigenvalue weighted by molar-refractivity contribution is 0.0945. The number of nitrogens with zero attached hydrogens (tertiary/aromatic N) is 2. The highest BCUT2D eigenvalue weighted by Gasteiger charge is 2.23. The summed E-state index contributed by atoms with van der Waals surface area (Å²) < 4.78 is 0.276. The lowest BCUT2D eigenvalue weighted by Crippen LogP contribution is -2.36. The van der Waals surface area contributed by atoms with Gasteiger partial charge in [0.15, 0.2) is 0 Å². The van der Waals surface area contributed by atoms with E-state index < -0.39 is 0 Å². The predicted octanol–water partition coefficient (Wildman–Crippen LogP) is 2.96. The number of amides is 1. The topological polar surface area (TPSA) is 54.9 Å². The molecule has 0 aliphatic carbocycles. The Labute approximate surface area is 118 Å². The quantitative estimate of drug-likeness (QED) is 0.944. The van der Waals surface area contributed by atoms with Crippen LogP contribution in [0.3, 0.4) is 0 Å². The molecule has 2 aromatic rings. The van der Waals surface area contributed by atoms with E-state index in [-0.39, 0.29) is 15.8 Å². The average molecular weight is 302 g/mol. The maximum Gasteiger partial charge on any atom is 0.282 e. The van der Waals surface area contributed by atoms with E-state index in [1.165, 1.54) is 4.88 Å². The maximum absolute atomic E-state index is 11.8. The molecule has 0 radical (unpaired) electrons. The summed E-state index contributed by atoms with van der Waals surface area (Å²) in [7, 11) is 0. The normalized spacial score (nSPS) is 11.5. The van der Waals surface area contributed by atoms with Crippen LogP contribution < -0.4 is 5.32 Å². The van der Waals surface area contributed by atoms with E-state index in [4.69, 9.17) is 11.6 Å². The summed E-state index contributed by atoms with van der Waals surface area (Å²) in [5.74, 6) is -0.232. The molecule has 0 atom stereocenters. The van der Waals surface area contributed by atoms with E-state index in [0.29, 0.717) is 11.6 Å². The molecule has 0 aromatic carbocycles. The van der Waals surface area contributed by atoms with E-state index in [1.54, 1.807) is 11.3 Å². The molecular weight excluding hydrogens is 290 g/mol. The van der Waals surface area contributed by atoms with Crippen molar-refractivity contribution in [2.75, 3.05) is 6.54 Å². The largest absolute Gasteiger partial charge is 0.349 e. The molecule has 0 unspecified atom stereocenters. The number of nitrogens with one attached hydrogen (secondary N) is 1. The summed E-state index contributed by atoms with van der Waals surface area (Å²) in [5.41, 5.74) is -0.0989. The fourth-order valence-corrected chi connectivity index (χ4v) is 3.02. The standard InChI is InChI=1S/C11H12ClN3OS2/c1-11(2,7-4-3-5-17-7)6-13-8(16)9-14-15-10(12)18-9/h3-5H,6H2,1-2H3,(H,13,16). The Bertz CT molecular complexity index is 536. The molecule has 0 spiro atoms. The molecule has 1 amide bonds. The zero-order valence-electron chi connectivity index (χ0n) is 9.94. The van der Waals surface area contributed by atoms with Crippen molar-refractivity contribution in [1.82, 2.24) is 15.5 Å². The molecule has 0 aliphatic rings. The van der Waals surface area contributed by atoms with Crippen LogP contribution in [0.5, 0.6) is 0 Å². The van der Waals surface area contributed by atoms with Crippen molar-refractivity contribution in [3.05, 3.63) is 31.9 Å². The van der Waals surface area contributed by atoms with Crippen molar-refractivity contribution in [1.29, 1.82) is 0 Å². The molecule has 2 heterocycles. The number of carbonyl (C=O) groups excluding carboxylic acids is 1. The molecular formula is C11H12ClN3OS2. The van der Waals surface area contributed by atoms with E-state index in [1.807, 2.05) is 11.4 Å². The van der Waals surface area contributed by atoms with Crippen molar-refractivity contribution in [2.45, 2.75) is 19.3 Å². The van der Waals surface area contributed by atoms with E-state index in [0.717, 1.165) is 11.3 Å². The number of hydrogen-bond donors (Lipinski definition) is 1. The van der Waals surface area contributed by atoms with Gasteiger partial charge in [-0.3, -0.25) is 4.79 Å². The van der Waals surface area contributed by atoms with E-state index in [9.17, 15) is 4.79 Å². The Morgan fingerprint density at radius 1 is 1.50 bits per heavy atom. The monoisotopic (exact) mass is 301 g/mol. The van der Waals surface area contributed by atoms with Crippen molar-refractivity contribution in [2.24, 2.45) is 0 Å². The lowest BCUT2D eigenvalue weighted by Gasteiger charge is -2.23. The molecule has 96 valence electrons. The average Bonchev–Trinajstić information content (AvgIpc) is 2.96. The molecule has 1 N–H and O–H groups in total. The number of rotatable bonds is 4. The predicted molar refractivity (Wildman–Crippen MR) is 74.6 cm³/mol. The van der Waals surface area contributed by atoms with Gasteiger partial charge in [-0.25, -0.2) is 0 Å². The van der Waals surface area contributed by atoms with Crippen LogP contribution in [0.25, 0.3) is 0 Å². The number of aromatic nitrogens is 2. The van der Waals surface area contributed by atoms with Crippen molar-refractivity contribution in [3.8, 4) is 0 Å². The van der Waals surface area contributed by atoms with Gasteiger partial charge in [-0.1, -0.05) is 31.3 Å². The molecule has 4 nitrogen and oxygen atoms in total. The Morgan fingerprint density at radius 3 is 2.83 bits per heavy atom. The summed E-state index contributed by atoms with van der Waals surface area (Å²) in [6, 6.07) is 4.08. The third-order valence-electron chi connectivity index (χ3n) is 2.47. The van der Waals surface area contributed by atoms with Gasteiger partial charge in [0.05, 0.1) is 0 Å². The smallest absolute Gasteiger partial charge is 0.282 e. The van der Waals surface area contributed by atoms with Crippen LogP contribution in [0.2, 0.25) is 4.47 Å². The van der Waals surface area contributed by atoms with Crippen LogP contribution >= 0.6 is 34.3 Å². The highest BCUT2D eigenvalue weighted by atomic mass is 35.5. The third-order valence-corrected chi connectivity index (χ3v) is 4.73. The first-order valence-electron chi connectivity index (χ1n) is 5.30. The van der Waals surface area contributed by atoms with Gasteiger partial charge in [-0.2, -0.15) is 0 Å². The minimum absolute atomic E-state index is 0.0989. The maximum atomic E-state index is 11.8.